The molecule has 0 saturated carbocycles. The fourth-order valence-corrected chi connectivity index (χ4v) is 5.65. The lowest BCUT2D eigenvalue weighted by Crippen LogP contribution is -2.30. The van der Waals surface area contributed by atoms with Gasteiger partial charge in [-0.2, -0.15) is 0 Å². The number of thiophene rings is 2. The van der Waals surface area contributed by atoms with Crippen molar-refractivity contribution in [2.24, 2.45) is 0 Å². The van der Waals surface area contributed by atoms with Crippen LogP contribution in [0.4, 0.5) is 11.6 Å². The van der Waals surface area contributed by atoms with Crippen molar-refractivity contribution < 1.29 is 18.0 Å². The lowest BCUT2D eigenvalue weighted by molar-refractivity contribution is -0.113. The van der Waals surface area contributed by atoms with Crippen LogP contribution < -0.4 is 15.4 Å². The predicted molar refractivity (Wildman–Crippen MR) is 146 cm³/mol. The summed E-state index contributed by atoms with van der Waals surface area (Å²) in [5.74, 6) is -0.957. The second-order valence-electron chi connectivity index (χ2n) is 8.02. The molecule has 9 nitrogen and oxygen atoms in total. The molecule has 0 fully saturated rings. The Balaban J connectivity index is 1.54. The van der Waals surface area contributed by atoms with Gasteiger partial charge in [-0.25, -0.2) is 23.1 Å². The van der Waals surface area contributed by atoms with Crippen LogP contribution in [-0.4, -0.2) is 30.2 Å². The number of aromatic nitrogens is 2. The number of aryl methyl sites for hydroxylation is 3. The molecule has 3 heterocycles. The normalized spacial score (nSPS) is 11.7. The third-order valence-corrected chi connectivity index (χ3v) is 8.05. The molecule has 0 unspecified atom stereocenters. The van der Waals surface area contributed by atoms with E-state index in [9.17, 15) is 18.0 Å². The van der Waals surface area contributed by atoms with E-state index in [0.29, 0.717) is 27.5 Å². The minimum Gasteiger partial charge on any atom is -0.320 e. The first-order valence-electron chi connectivity index (χ1n) is 11.0. The minimum absolute atomic E-state index is 0.00823. The van der Waals surface area contributed by atoms with Gasteiger partial charge < -0.3 is 10.6 Å². The number of sulfonamides is 1. The Morgan fingerprint density at radius 2 is 1.62 bits per heavy atom. The van der Waals surface area contributed by atoms with Crippen LogP contribution >= 0.6 is 22.7 Å². The topological polar surface area (TPSA) is 130 Å². The molecule has 3 N–H and O–H groups in total. The average Bonchev–Trinajstić information content (AvgIpc) is 3.53. The number of nitrogens with one attached hydrogen (secondary N) is 3. The second-order valence-corrected chi connectivity index (χ2v) is 11.6. The van der Waals surface area contributed by atoms with E-state index in [1.165, 1.54) is 40.9 Å². The molecule has 0 aliphatic heterocycles. The van der Waals surface area contributed by atoms with Crippen LogP contribution in [0.1, 0.15) is 31.5 Å². The maximum Gasteiger partial charge on any atom is 0.272 e. The van der Waals surface area contributed by atoms with E-state index in [0.717, 1.165) is 4.88 Å². The van der Waals surface area contributed by atoms with Crippen LogP contribution in [0.2, 0.25) is 0 Å². The first-order valence-corrected chi connectivity index (χ1v) is 14.2. The highest BCUT2D eigenvalue weighted by Crippen LogP contribution is 2.23. The molecule has 0 radical (unpaired) electrons. The van der Waals surface area contributed by atoms with Gasteiger partial charge in [-0.1, -0.05) is 12.1 Å². The zero-order chi connectivity index (χ0) is 26.6. The number of carbonyl (C=O) groups excluding carboxylic acids is 2. The Hall–Kier alpha value is -3.87. The molecule has 4 aromatic rings. The van der Waals surface area contributed by atoms with Crippen molar-refractivity contribution >= 4 is 62.2 Å². The maximum atomic E-state index is 13.1. The highest BCUT2D eigenvalue weighted by Gasteiger charge is 2.20. The number of hydrogen-bond acceptors (Lipinski definition) is 8. The first kappa shape index (κ1) is 26.2. The van der Waals surface area contributed by atoms with Gasteiger partial charge in [0, 0.05) is 22.0 Å². The summed E-state index contributed by atoms with van der Waals surface area (Å²) in [6, 6.07) is 13.1. The lowest BCUT2D eigenvalue weighted by Gasteiger charge is -2.14. The summed E-state index contributed by atoms with van der Waals surface area (Å²) in [6.45, 7) is 5.17. The van der Waals surface area contributed by atoms with Gasteiger partial charge in [-0.3, -0.25) is 9.59 Å². The van der Waals surface area contributed by atoms with Gasteiger partial charge in [-0.05, 0) is 79.6 Å². The third-order valence-electron chi connectivity index (χ3n) is 5.03. The standard InChI is InChI=1S/C25H23N5O4S3/c1-15-12-19(37(33,34)30-25-26-16(2)13-17(3)27-25)8-9-20(15)28-23(31)21(14-18-6-4-10-35-18)29-24(32)22-7-5-11-36-22/h4-14H,1-3H3,(H,28,31)(H,29,32)(H,26,27,30)/b21-14-. The van der Waals surface area contributed by atoms with Crippen molar-refractivity contribution in [1.82, 2.24) is 15.3 Å². The van der Waals surface area contributed by atoms with Crippen LogP contribution in [0.5, 0.6) is 0 Å². The van der Waals surface area contributed by atoms with Crippen LogP contribution in [0.3, 0.4) is 0 Å². The van der Waals surface area contributed by atoms with Gasteiger partial charge in [-0.15, -0.1) is 22.7 Å². The highest BCUT2D eigenvalue weighted by molar-refractivity contribution is 7.92. The van der Waals surface area contributed by atoms with E-state index in [4.69, 9.17) is 0 Å². The minimum atomic E-state index is -3.96. The SMILES string of the molecule is Cc1cc(C)nc(NS(=O)(=O)c2ccc(NC(=O)/C(=C/c3cccs3)NC(=O)c3cccs3)c(C)c2)n1. The number of amides is 2. The molecule has 0 bridgehead atoms. The third kappa shape index (κ3) is 6.67. The molecule has 12 heteroatoms. The zero-order valence-corrected chi connectivity index (χ0v) is 22.6. The van der Waals surface area contributed by atoms with Gasteiger partial charge in [0.1, 0.15) is 5.70 Å². The van der Waals surface area contributed by atoms with Crippen LogP contribution in [0, 0.1) is 20.8 Å². The Morgan fingerprint density at radius 3 is 2.24 bits per heavy atom. The summed E-state index contributed by atoms with van der Waals surface area (Å²) in [6.07, 6.45) is 1.59. The molecule has 1 aromatic carbocycles. The number of nitrogens with zero attached hydrogens (tertiary/aromatic N) is 2. The average molecular weight is 554 g/mol. The van der Waals surface area contributed by atoms with Crippen molar-refractivity contribution in [2.45, 2.75) is 25.7 Å². The van der Waals surface area contributed by atoms with E-state index < -0.39 is 21.8 Å². The Kier molecular flexibility index (Phi) is 7.81. The quantitative estimate of drug-likeness (QED) is 0.270. The van der Waals surface area contributed by atoms with E-state index >= 15 is 0 Å². The molecular weight excluding hydrogens is 531 g/mol. The maximum absolute atomic E-state index is 13.1. The largest absolute Gasteiger partial charge is 0.320 e. The second kappa shape index (κ2) is 11.0. The number of benzene rings is 1. The van der Waals surface area contributed by atoms with Crippen molar-refractivity contribution in [2.75, 3.05) is 10.0 Å². The van der Waals surface area contributed by atoms with E-state index in [2.05, 4.69) is 25.3 Å². The Bertz CT molecular complexity index is 1560. The van der Waals surface area contributed by atoms with E-state index in [-0.39, 0.29) is 16.5 Å². The predicted octanol–water partition coefficient (Wildman–Crippen LogP) is 4.74. The molecule has 4 rings (SSSR count). The molecule has 2 amide bonds. The molecule has 3 aromatic heterocycles. The summed E-state index contributed by atoms with van der Waals surface area (Å²) in [5.41, 5.74) is 2.24. The van der Waals surface area contributed by atoms with Crippen LogP contribution in [-0.2, 0) is 14.8 Å². The number of rotatable bonds is 8. The van der Waals surface area contributed by atoms with Gasteiger partial charge in [0.05, 0.1) is 9.77 Å². The summed E-state index contributed by atoms with van der Waals surface area (Å²) < 4.78 is 28.2. The Morgan fingerprint density at radius 1 is 0.919 bits per heavy atom. The molecule has 190 valence electrons. The first-order chi connectivity index (χ1) is 17.6. The molecular formula is C25H23N5O4S3. The molecule has 0 saturated heterocycles. The van der Waals surface area contributed by atoms with Gasteiger partial charge in [0.25, 0.3) is 21.8 Å². The molecule has 0 spiro atoms. The van der Waals surface area contributed by atoms with Gasteiger partial charge >= 0.3 is 0 Å². The van der Waals surface area contributed by atoms with Gasteiger partial charge in [0.2, 0.25) is 5.95 Å². The smallest absolute Gasteiger partial charge is 0.272 e. The fourth-order valence-electron chi connectivity index (χ4n) is 3.35. The van der Waals surface area contributed by atoms with Crippen molar-refractivity contribution in [1.29, 1.82) is 0 Å². The van der Waals surface area contributed by atoms with E-state index in [1.807, 2.05) is 17.5 Å². The van der Waals surface area contributed by atoms with Gasteiger partial charge in [0.15, 0.2) is 0 Å². The molecule has 37 heavy (non-hydrogen) atoms. The molecule has 0 aliphatic carbocycles. The van der Waals surface area contributed by atoms with E-state index in [1.54, 1.807) is 50.4 Å². The summed E-state index contributed by atoms with van der Waals surface area (Å²) in [4.78, 5) is 35.2. The van der Waals surface area contributed by atoms with Crippen molar-refractivity contribution in [3.63, 3.8) is 0 Å². The summed E-state index contributed by atoms with van der Waals surface area (Å²) in [5, 5.41) is 9.08. The molecule has 0 aliphatic rings. The monoisotopic (exact) mass is 553 g/mol. The fraction of sp³-hybridized carbons (Fsp3) is 0.120. The van der Waals surface area contributed by atoms with Crippen LogP contribution in [0.25, 0.3) is 6.08 Å². The summed E-state index contributed by atoms with van der Waals surface area (Å²) in [7, 11) is -3.96. The summed E-state index contributed by atoms with van der Waals surface area (Å²) >= 11 is 2.69. The van der Waals surface area contributed by atoms with Crippen molar-refractivity contribution in [3.8, 4) is 0 Å². The van der Waals surface area contributed by atoms with Crippen LogP contribution in [0.15, 0.2) is 69.9 Å². The van der Waals surface area contributed by atoms with Crippen molar-refractivity contribution in [3.05, 3.63) is 91.7 Å². The zero-order valence-electron chi connectivity index (χ0n) is 20.1. The number of hydrogen-bond donors (Lipinski definition) is 3. The number of carbonyl (C=O) groups is 2. The lowest BCUT2D eigenvalue weighted by atomic mass is 10.2. The molecule has 0 atom stereocenters. The number of anilines is 2. The Labute approximate surface area is 222 Å². The highest BCUT2D eigenvalue weighted by atomic mass is 32.2.